The van der Waals surface area contributed by atoms with Crippen molar-refractivity contribution in [3.8, 4) is 0 Å². The minimum atomic E-state index is -1.51. The number of hydrogen-bond donors (Lipinski definition) is 0. The van der Waals surface area contributed by atoms with E-state index in [1.54, 1.807) is 24.6 Å². The molecule has 0 aliphatic carbocycles. The molecule has 0 heterocycles. The average molecular weight is 349 g/mol. The van der Waals surface area contributed by atoms with E-state index in [0.29, 0.717) is 0 Å². The molecule has 0 spiro atoms. The zero-order valence-electron chi connectivity index (χ0n) is 16.3. The molecule has 0 aromatic heterocycles. The molecule has 0 bridgehead atoms. The van der Waals surface area contributed by atoms with Crippen molar-refractivity contribution in [3.05, 3.63) is 0 Å². The SMILES string of the molecule is CCCCCP(P)(CCCCC)(CCCCC)CCCCC. The van der Waals surface area contributed by atoms with Gasteiger partial charge in [0, 0.05) is 0 Å². The zero-order chi connectivity index (χ0) is 16.8. The molecule has 0 saturated carbocycles. The van der Waals surface area contributed by atoms with E-state index in [4.69, 9.17) is 0 Å². The normalized spacial score (nSPS) is 14.0. The summed E-state index contributed by atoms with van der Waals surface area (Å²) in [6.45, 7) is 9.40. The van der Waals surface area contributed by atoms with Crippen molar-refractivity contribution in [1.82, 2.24) is 0 Å². The van der Waals surface area contributed by atoms with Crippen LogP contribution in [0.25, 0.3) is 0 Å². The van der Waals surface area contributed by atoms with Crippen molar-refractivity contribution in [2.75, 3.05) is 24.6 Å². The molecule has 22 heavy (non-hydrogen) atoms. The molecule has 0 saturated heterocycles. The molecule has 0 fully saturated rings. The molecule has 0 amide bonds. The maximum absolute atomic E-state index is 3.59. The summed E-state index contributed by atoms with van der Waals surface area (Å²) in [5.74, 6) is 0. The van der Waals surface area contributed by atoms with Crippen LogP contribution in [0.1, 0.15) is 105 Å². The van der Waals surface area contributed by atoms with Gasteiger partial charge in [0.2, 0.25) is 0 Å². The summed E-state index contributed by atoms with van der Waals surface area (Å²) in [5, 5.41) is 0. The van der Waals surface area contributed by atoms with Gasteiger partial charge in [-0.2, -0.15) is 0 Å². The first-order chi connectivity index (χ1) is 10.5. The van der Waals surface area contributed by atoms with Gasteiger partial charge in [0.1, 0.15) is 0 Å². The van der Waals surface area contributed by atoms with Gasteiger partial charge < -0.3 is 0 Å². The molecule has 136 valence electrons. The van der Waals surface area contributed by atoms with Crippen LogP contribution in [0.4, 0.5) is 0 Å². The third-order valence-corrected chi connectivity index (χ3v) is 14.7. The first-order valence-electron chi connectivity index (χ1n) is 10.4. The van der Waals surface area contributed by atoms with E-state index in [1.807, 2.05) is 0 Å². The van der Waals surface area contributed by atoms with Crippen LogP contribution in [0.2, 0.25) is 0 Å². The molecule has 1 unspecified atom stereocenters. The Morgan fingerprint density at radius 2 is 0.682 bits per heavy atom. The van der Waals surface area contributed by atoms with Crippen molar-refractivity contribution in [3.63, 3.8) is 0 Å². The van der Waals surface area contributed by atoms with Crippen LogP contribution in [0.5, 0.6) is 0 Å². The Labute approximate surface area is 145 Å². The van der Waals surface area contributed by atoms with Gasteiger partial charge in [-0.05, 0) is 0 Å². The van der Waals surface area contributed by atoms with Gasteiger partial charge in [0.15, 0.2) is 0 Å². The van der Waals surface area contributed by atoms with Crippen LogP contribution < -0.4 is 0 Å². The van der Waals surface area contributed by atoms with Crippen LogP contribution in [0.3, 0.4) is 0 Å². The molecular formula is C20H46P2. The summed E-state index contributed by atoms with van der Waals surface area (Å²) in [4.78, 5) is 0. The van der Waals surface area contributed by atoms with Crippen LogP contribution >= 0.6 is 15.2 Å². The van der Waals surface area contributed by atoms with Crippen molar-refractivity contribution in [1.29, 1.82) is 0 Å². The fourth-order valence-corrected chi connectivity index (χ4v) is 11.7. The molecule has 0 radical (unpaired) electrons. The number of hydrogen-bond acceptors (Lipinski definition) is 0. The first-order valence-corrected chi connectivity index (χ1v) is 14.9. The quantitative estimate of drug-likeness (QED) is 0.195. The predicted octanol–water partition coefficient (Wildman–Crippen LogP) is 8.09. The van der Waals surface area contributed by atoms with E-state index in [0.717, 1.165) is 0 Å². The van der Waals surface area contributed by atoms with Crippen LogP contribution in [0.15, 0.2) is 0 Å². The van der Waals surface area contributed by atoms with E-state index in [2.05, 4.69) is 36.6 Å². The second kappa shape index (κ2) is 13.2. The molecular weight excluding hydrogens is 302 g/mol. The molecule has 0 rings (SSSR count). The summed E-state index contributed by atoms with van der Waals surface area (Å²) < 4.78 is 0. The Kier molecular flexibility index (Phi) is 13.7. The Hall–Kier alpha value is 0.860. The number of rotatable bonds is 16. The van der Waals surface area contributed by atoms with Crippen LogP contribution in [0, 0.1) is 0 Å². The standard InChI is InChI=1S/C20H46P2/c1-5-9-13-17-22(21,18-14-10-6-2,19-15-11-7-3)20-16-12-8-4/h5-21H2,1-4H3. The first kappa shape index (κ1) is 22.9. The van der Waals surface area contributed by atoms with Gasteiger partial charge in [-0.3, -0.25) is 0 Å². The Bertz CT molecular complexity index is 199. The fourth-order valence-electron chi connectivity index (χ4n) is 3.82. The number of unbranched alkanes of at least 4 members (excludes halogenated alkanes) is 8. The van der Waals surface area contributed by atoms with Gasteiger partial charge in [-0.25, -0.2) is 0 Å². The Morgan fingerprint density at radius 1 is 0.455 bits per heavy atom. The van der Waals surface area contributed by atoms with E-state index in [-0.39, 0.29) is 0 Å². The molecule has 0 aliphatic heterocycles. The minimum absolute atomic E-state index is 1.37. The van der Waals surface area contributed by atoms with Crippen molar-refractivity contribution < 1.29 is 0 Å². The van der Waals surface area contributed by atoms with E-state index in [1.165, 1.54) is 77.0 Å². The Morgan fingerprint density at radius 3 is 0.864 bits per heavy atom. The zero-order valence-corrected chi connectivity index (χ0v) is 18.4. The summed E-state index contributed by atoms with van der Waals surface area (Å²) in [5.41, 5.74) is 0. The maximum atomic E-state index is 3.59. The van der Waals surface area contributed by atoms with Gasteiger partial charge in [-0.1, -0.05) is 0 Å². The molecule has 1 atom stereocenters. The molecule has 0 aliphatic rings. The van der Waals surface area contributed by atoms with Crippen molar-refractivity contribution in [2.24, 2.45) is 0 Å². The molecule has 0 aromatic carbocycles. The van der Waals surface area contributed by atoms with E-state index >= 15 is 0 Å². The third-order valence-electron chi connectivity index (χ3n) is 5.46. The van der Waals surface area contributed by atoms with Gasteiger partial charge in [0.05, 0.1) is 0 Å². The summed E-state index contributed by atoms with van der Waals surface area (Å²) in [6, 6.07) is 0. The van der Waals surface area contributed by atoms with Crippen molar-refractivity contribution >= 4 is 15.2 Å². The van der Waals surface area contributed by atoms with E-state index < -0.39 is 6.29 Å². The van der Waals surface area contributed by atoms with Gasteiger partial charge in [0.25, 0.3) is 0 Å². The fraction of sp³-hybridized carbons (Fsp3) is 1.00. The predicted molar refractivity (Wildman–Crippen MR) is 114 cm³/mol. The second-order valence-electron chi connectivity index (χ2n) is 7.79. The summed E-state index contributed by atoms with van der Waals surface area (Å²) >= 11 is 0. The van der Waals surface area contributed by atoms with Crippen LogP contribution in [-0.2, 0) is 0 Å². The molecule has 2 heteroatoms. The van der Waals surface area contributed by atoms with Gasteiger partial charge >= 0.3 is 145 Å². The monoisotopic (exact) mass is 348 g/mol. The molecule has 0 nitrogen and oxygen atoms in total. The van der Waals surface area contributed by atoms with Crippen LogP contribution in [-0.4, -0.2) is 24.6 Å². The Balaban J connectivity index is 4.89. The second-order valence-corrected chi connectivity index (χ2v) is 18.1. The average Bonchev–Trinajstić information content (AvgIpc) is 2.49. The third kappa shape index (κ3) is 9.88. The van der Waals surface area contributed by atoms with Crippen molar-refractivity contribution in [2.45, 2.75) is 105 Å². The summed E-state index contributed by atoms with van der Waals surface area (Å²) in [6.07, 6.45) is 22.0. The molecule has 0 N–H and O–H groups in total. The topological polar surface area (TPSA) is 0 Å². The molecule has 0 aromatic rings. The van der Waals surface area contributed by atoms with E-state index in [9.17, 15) is 0 Å². The van der Waals surface area contributed by atoms with Gasteiger partial charge in [-0.15, -0.1) is 0 Å². The summed E-state index contributed by atoms with van der Waals surface area (Å²) in [7, 11) is 3.59.